The lowest BCUT2D eigenvalue weighted by Crippen LogP contribution is -2.40. The molecule has 1 atom stereocenters. The van der Waals surface area contributed by atoms with Crippen LogP contribution < -0.4 is 0 Å². The van der Waals surface area contributed by atoms with Gasteiger partial charge < -0.3 is 10.0 Å². The monoisotopic (exact) mass is 265 g/mol. The van der Waals surface area contributed by atoms with Gasteiger partial charge in [0.15, 0.2) is 0 Å². The van der Waals surface area contributed by atoms with Crippen molar-refractivity contribution < 1.29 is 14.7 Å². The highest BCUT2D eigenvalue weighted by atomic mass is 16.4. The zero-order chi connectivity index (χ0) is 13.5. The SMILES string of the molecule is O=C(O)C1CC12CCN(C(=O)CC1CCCC1)CC2. The van der Waals surface area contributed by atoms with E-state index in [-0.39, 0.29) is 11.3 Å². The summed E-state index contributed by atoms with van der Waals surface area (Å²) < 4.78 is 0. The zero-order valence-electron chi connectivity index (χ0n) is 11.4. The lowest BCUT2D eigenvalue weighted by atomic mass is 9.90. The first-order valence-electron chi connectivity index (χ1n) is 7.61. The lowest BCUT2D eigenvalue weighted by molar-refractivity contribution is -0.140. The van der Waals surface area contributed by atoms with E-state index in [1.807, 2.05) is 4.90 Å². The zero-order valence-corrected chi connectivity index (χ0v) is 11.4. The Morgan fingerprint density at radius 3 is 2.32 bits per heavy atom. The molecule has 19 heavy (non-hydrogen) atoms. The average Bonchev–Trinajstić information content (AvgIpc) is 2.84. The van der Waals surface area contributed by atoms with Gasteiger partial charge in [-0.25, -0.2) is 0 Å². The highest BCUT2D eigenvalue weighted by Crippen LogP contribution is 2.59. The molecule has 0 aromatic rings. The van der Waals surface area contributed by atoms with Crippen LogP contribution in [0.15, 0.2) is 0 Å². The third-order valence-electron chi connectivity index (χ3n) is 5.54. The van der Waals surface area contributed by atoms with Gasteiger partial charge in [0.05, 0.1) is 5.92 Å². The number of hydrogen-bond acceptors (Lipinski definition) is 2. The fourth-order valence-corrected chi connectivity index (χ4v) is 4.04. The molecular weight excluding hydrogens is 242 g/mol. The van der Waals surface area contributed by atoms with E-state index >= 15 is 0 Å². The summed E-state index contributed by atoms with van der Waals surface area (Å²) in [7, 11) is 0. The quantitative estimate of drug-likeness (QED) is 0.851. The molecule has 2 saturated carbocycles. The Balaban J connectivity index is 1.47. The number of aliphatic carboxylic acids is 1. The molecule has 106 valence electrons. The molecule has 4 heteroatoms. The Kier molecular flexibility index (Phi) is 3.27. The molecular formula is C15H23NO3. The second kappa shape index (κ2) is 4.80. The number of carboxylic acid groups (broad SMARTS) is 1. The Hall–Kier alpha value is -1.06. The molecule has 4 nitrogen and oxygen atoms in total. The number of piperidine rings is 1. The number of rotatable bonds is 3. The Morgan fingerprint density at radius 1 is 1.16 bits per heavy atom. The molecule has 1 heterocycles. The third-order valence-corrected chi connectivity index (χ3v) is 5.54. The van der Waals surface area contributed by atoms with Crippen LogP contribution in [0.2, 0.25) is 0 Å². The number of likely N-dealkylation sites (tertiary alicyclic amines) is 1. The standard InChI is InChI=1S/C15H23NO3/c17-13(9-11-3-1-2-4-11)16-7-5-15(6-8-16)10-12(15)14(18)19/h11-12H,1-10H2,(H,18,19). The van der Waals surface area contributed by atoms with Crippen molar-refractivity contribution in [3.8, 4) is 0 Å². The number of hydrogen-bond donors (Lipinski definition) is 1. The van der Waals surface area contributed by atoms with Crippen molar-refractivity contribution in [2.45, 2.75) is 51.4 Å². The highest BCUT2D eigenvalue weighted by Gasteiger charge is 2.59. The maximum atomic E-state index is 12.2. The summed E-state index contributed by atoms with van der Waals surface area (Å²) >= 11 is 0. The number of carbonyl (C=O) groups excluding carboxylic acids is 1. The maximum absolute atomic E-state index is 12.2. The summed E-state index contributed by atoms with van der Waals surface area (Å²) in [6.45, 7) is 1.55. The largest absolute Gasteiger partial charge is 0.481 e. The van der Waals surface area contributed by atoms with E-state index in [0.29, 0.717) is 11.8 Å². The Morgan fingerprint density at radius 2 is 1.79 bits per heavy atom. The van der Waals surface area contributed by atoms with E-state index in [9.17, 15) is 9.59 Å². The van der Waals surface area contributed by atoms with E-state index in [1.54, 1.807) is 0 Å². The molecule has 3 rings (SSSR count). The molecule has 1 saturated heterocycles. The first-order valence-corrected chi connectivity index (χ1v) is 7.61. The van der Waals surface area contributed by atoms with Crippen LogP contribution in [0, 0.1) is 17.3 Å². The summed E-state index contributed by atoms with van der Waals surface area (Å²) in [5, 5.41) is 9.05. The molecule has 0 radical (unpaired) electrons. The molecule has 1 aliphatic heterocycles. The van der Waals surface area contributed by atoms with Gasteiger partial charge in [-0.15, -0.1) is 0 Å². The smallest absolute Gasteiger partial charge is 0.307 e. The minimum Gasteiger partial charge on any atom is -0.481 e. The summed E-state index contributed by atoms with van der Waals surface area (Å²) in [6, 6.07) is 0. The number of carbonyl (C=O) groups is 2. The maximum Gasteiger partial charge on any atom is 0.307 e. The molecule has 0 aromatic heterocycles. The third kappa shape index (κ3) is 2.49. The number of amides is 1. The first-order chi connectivity index (χ1) is 9.11. The minimum atomic E-state index is -0.647. The van der Waals surface area contributed by atoms with Crippen LogP contribution in [-0.4, -0.2) is 35.0 Å². The van der Waals surface area contributed by atoms with Crippen LogP contribution in [0.3, 0.4) is 0 Å². The fraction of sp³-hybridized carbons (Fsp3) is 0.867. The molecule has 3 fully saturated rings. The second-order valence-electron chi connectivity index (χ2n) is 6.69. The summed E-state index contributed by atoms with van der Waals surface area (Å²) in [5.74, 6) is 0.121. The van der Waals surface area contributed by atoms with Gasteiger partial charge in [-0.3, -0.25) is 9.59 Å². The van der Waals surface area contributed by atoms with Crippen LogP contribution in [-0.2, 0) is 9.59 Å². The molecule has 1 amide bonds. The predicted molar refractivity (Wildman–Crippen MR) is 70.6 cm³/mol. The van der Waals surface area contributed by atoms with Gasteiger partial charge in [-0.2, -0.15) is 0 Å². The average molecular weight is 265 g/mol. The number of carboxylic acids is 1. The van der Waals surface area contributed by atoms with Crippen molar-refractivity contribution in [1.29, 1.82) is 0 Å². The van der Waals surface area contributed by atoms with Crippen molar-refractivity contribution in [3.05, 3.63) is 0 Å². The molecule has 3 aliphatic rings. The van der Waals surface area contributed by atoms with Gasteiger partial charge >= 0.3 is 5.97 Å². The lowest BCUT2D eigenvalue weighted by Gasteiger charge is -2.33. The van der Waals surface area contributed by atoms with Crippen LogP contribution >= 0.6 is 0 Å². The van der Waals surface area contributed by atoms with Crippen LogP contribution in [0.25, 0.3) is 0 Å². The van der Waals surface area contributed by atoms with Gasteiger partial charge in [0.2, 0.25) is 5.91 Å². The van der Waals surface area contributed by atoms with Gasteiger partial charge in [-0.1, -0.05) is 12.8 Å². The van der Waals surface area contributed by atoms with E-state index in [0.717, 1.165) is 38.8 Å². The van der Waals surface area contributed by atoms with E-state index in [4.69, 9.17) is 5.11 Å². The molecule has 0 bridgehead atoms. The normalized spacial score (nSPS) is 29.7. The molecule has 2 aliphatic carbocycles. The Labute approximate surface area is 114 Å². The van der Waals surface area contributed by atoms with Gasteiger partial charge in [-0.05, 0) is 43.4 Å². The molecule has 0 aromatic carbocycles. The van der Waals surface area contributed by atoms with E-state index in [2.05, 4.69) is 0 Å². The van der Waals surface area contributed by atoms with Crippen molar-refractivity contribution in [2.24, 2.45) is 17.3 Å². The fourth-order valence-electron chi connectivity index (χ4n) is 4.04. The van der Waals surface area contributed by atoms with Gasteiger partial charge in [0.25, 0.3) is 0 Å². The van der Waals surface area contributed by atoms with Crippen LogP contribution in [0.1, 0.15) is 51.4 Å². The highest BCUT2D eigenvalue weighted by molar-refractivity contribution is 5.77. The van der Waals surface area contributed by atoms with Crippen molar-refractivity contribution in [2.75, 3.05) is 13.1 Å². The van der Waals surface area contributed by atoms with E-state index < -0.39 is 5.97 Å². The van der Waals surface area contributed by atoms with Crippen molar-refractivity contribution in [1.82, 2.24) is 4.90 Å². The van der Waals surface area contributed by atoms with Gasteiger partial charge in [0.1, 0.15) is 0 Å². The Bertz CT molecular complexity index is 379. The summed E-state index contributed by atoms with van der Waals surface area (Å²) in [4.78, 5) is 25.2. The summed E-state index contributed by atoms with van der Waals surface area (Å²) in [6.07, 6.45) is 8.31. The molecule has 1 N–H and O–H groups in total. The van der Waals surface area contributed by atoms with Crippen molar-refractivity contribution in [3.63, 3.8) is 0 Å². The first kappa shape index (κ1) is 12.9. The number of nitrogens with zero attached hydrogens (tertiary/aromatic N) is 1. The molecule has 1 spiro atoms. The minimum absolute atomic E-state index is 0.0377. The van der Waals surface area contributed by atoms with Gasteiger partial charge in [0, 0.05) is 19.5 Å². The van der Waals surface area contributed by atoms with E-state index in [1.165, 1.54) is 25.7 Å². The van der Waals surface area contributed by atoms with Crippen molar-refractivity contribution >= 4 is 11.9 Å². The topological polar surface area (TPSA) is 57.6 Å². The molecule has 1 unspecified atom stereocenters. The predicted octanol–water partition coefficient (Wildman–Crippen LogP) is 2.28. The second-order valence-corrected chi connectivity index (χ2v) is 6.69. The van der Waals surface area contributed by atoms with Crippen LogP contribution in [0.4, 0.5) is 0 Å². The van der Waals surface area contributed by atoms with Crippen LogP contribution in [0.5, 0.6) is 0 Å². The summed E-state index contributed by atoms with van der Waals surface area (Å²) in [5.41, 5.74) is 0.0377.